The second-order valence-electron chi connectivity index (χ2n) is 8.24. The van der Waals surface area contributed by atoms with Crippen LogP contribution in [0.4, 0.5) is 0 Å². The topological polar surface area (TPSA) is 70.7 Å². The molecular weight excluding hydrogens is 438 g/mol. The van der Waals surface area contributed by atoms with Crippen molar-refractivity contribution in [3.63, 3.8) is 0 Å². The minimum atomic E-state index is -1.19. The molecule has 0 spiro atoms. The number of ether oxygens (including phenoxy) is 1. The summed E-state index contributed by atoms with van der Waals surface area (Å²) in [5.41, 5.74) is 1.38. The molecule has 7 heteroatoms. The lowest BCUT2D eigenvalue weighted by Crippen LogP contribution is -2.65. The molecule has 2 aliphatic rings. The minimum absolute atomic E-state index is 0.170. The first-order chi connectivity index (χ1) is 16.1. The fourth-order valence-corrected chi connectivity index (χ4v) is 4.84. The Bertz CT molecular complexity index is 1100. The van der Waals surface area contributed by atoms with Crippen LogP contribution in [0.25, 0.3) is 0 Å². The highest BCUT2D eigenvalue weighted by Gasteiger charge is 2.60. The maximum Gasteiger partial charge on any atom is 0.327 e. The van der Waals surface area contributed by atoms with E-state index in [1.54, 1.807) is 12.1 Å². The van der Waals surface area contributed by atoms with Crippen LogP contribution in [0.5, 0.6) is 0 Å². The maximum absolute atomic E-state index is 13.5. The van der Waals surface area contributed by atoms with Gasteiger partial charge in [-0.2, -0.15) is 0 Å². The summed E-state index contributed by atoms with van der Waals surface area (Å²) in [5.74, 6) is -0.512. The Hall–Kier alpha value is -3.19. The van der Waals surface area contributed by atoms with Crippen LogP contribution in [0.2, 0.25) is 5.02 Å². The van der Waals surface area contributed by atoms with Gasteiger partial charge in [0, 0.05) is 35.8 Å². The lowest BCUT2D eigenvalue weighted by molar-refractivity contribution is -0.153. The Labute approximate surface area is 197 Å². The molecule has 2 heterocycles. The number of halogens is 1. The van der Waals surface area contributed by atoms with Gasteiger partial charge in [0.1, 0.15) is 12.1 Å². The van der Waals surface area contributed by atoms with Gasteiger partial charge in [-0.3, -0.25) is 9.59 Å². The Balaban J connectivity index is 1.53. The zero-order valence-corrected chi connectivity index (χ0v) is 18.7. The van der Waals surface area contributed by atoms with Gasteiger partial charge in [0.05, 0.1) is 0 Å². The molecule has 2 atom stereocenters. The summed E-state index contributed by atoms with van der Waals surface area (Å²) in [6.07, 6.45) is 0. The Morgan fingerprint density at radius 2 is 1.58 bits per heavy atom. The van der Waals surface area contributed by atoms with Crippen molar-refractivity contribution in [1.29, 1.82) is 0 Å². The van der Waals surface area contributed by atoms with Gasteiger partial charge >= 0.3 is 5.97 Å². The molecule has 6 nitrogen and oxygen atoms in total. The molecule has 1 amide bonds. The minimum Gasteiger partial charge on any atom is -0.434 e. The van der Waals surface area contributed by atoms with Crippen LogP contribution in [0, 0.1) is 0 Å². The first-order valence-electron chi connectivity index (χ1n) is 10.9. The molecule has 2 unspecified atom stereocenters. The van der Waals surface area contributed by atoms with Crippen molar-refractivity contribution in [2.75, 3.05) is 13.1 Å². The summed E-state index contributed by atoms with van der Waals surface area (Å²) >= 11 is 5.97. The summed E-state index contributed by atoms with van der Waals surface area (Å²) < 4.78 is 6.18. The summed E-state index contributed by atoms with van der Waals surface area (Å²) in [5, 5.41) is 6.91. The lowest BCUT2D eigenvalue weighted by atomic mass is 9.90. The molecule has 168 valence electrons. The molecule has 2 saturated heterocycles. The standard InChI is InChI=1S/C26H24ClN3O3/c27-21-13-11-18(12-14-21)15-29-24(31)22-16-28-17-23-25(32)33-26(30(22)23,19-7-3-1-4-8-19)20-9-5-2-6-10-20/h1-14,22-23,28H,15-17H2,(H,29,31). The highest BCUT2D eigenvalue weighted by molar-refractivity contribution is 6.30. The van der Waals surface area contributed by atoms with E-state index in [-0.39, 0.29) is 11.9 Å². The number of hydrogen-bond acceptors (Lipinski definition) is 5. The first-order valence-corrected chi connectivity index (χ1v) is 11.3. The second kappa shape index (κ2) is 8.98. The Kier molecular flexibility index (Phi) is 5.89. The van der Waals surface area contributed by atoms with E-state index in [0.29, 0.717) is 24.7 Å². The fraction of sp³-hybridized carbons (Fsp3) is 0.231. The number of cyclic esters (lactones) is 1. The number of carbonyl (C=O) groups is 2. The van der Waals surface area contributed by atoms with E-state index in [2.05, 4.69) is 10.6 Å². The van der Waals surface area contributed by atoms with Crippen LogP contribution in [0.1, 0.15) is 16.7 Å². The van der Waals surface area contributed by atoms with Crippen LogP contribution >= 0.6 is 11.6 Å². The number of piperazine rings is 1. The summed E-state index contributed by atoms with van der Waals surface area (Å²) in [4.78, 5) is 28.5. The van der Waals surface area contributed by atoms with Crippen molar-refractivity contribution < 1.29 is 14.3 Å². The van der Waals surface area contributed by atoms with Gasteiger partial charge < -0.3 is 15.4 Å². The third-order valence-corrected chi connectivity index (χ3v) is 6.50. The molecule has 2 N–H and O–H groups in total. The van der Waals surface area contributed by atoms with Crippen molar-refractivity contribution >= 4 is 23.5 Å². The molecule has 5 rings (SSSR count). The number of esters is 1. The van der Waals surface area contributed by atoms with Gasteiger partial charge in [-0.1, -0.05) is 84.4 Å². The molecule has 0 aromatic heterocycles. The van der Waals surface area contributed by atoms with Crippen LogP contribution in [-0.4, -0.2) is 41.9 Å². The predicted octanol–water partition coefficient (Wildman–Crippen LogP) is 3.06. The molecule has 3 aromatic carbocycles. The summed E-state index contributed by atoms with van der Waals surface area (Å²) in [6, 6.07) is 25.4. The molecule has 0 aliphatic carbocycles. The predicted molar refractivity (Wildman–Crippen MR) is 125 cm³/mol. The maximum atomic E-state index is 13.5. The fourth-order valence-electron chi connectivity index (χ4n) is 4.71. The average molecular weight is 462 g/mol. The van der Waals surface area contributed by atoms with Crippen molar-refractivity contribution in [2.45, 2.75) is 24.4 Å². The van der Waals surface area contributed by atoms with Crippen molar-refractivity contribution in [3.05, 3.63) is 107 Å². The monoisotopic (exact) mass is 461 g/mol. The zero-order valence-electron chi connectivity index (χ0n) is 17.9. The Morgan fingerprint density at radius 1 is 0.970 bits per heavy atom. The zero-order chi connectivity index (χ0) is 22.8. The van der Waals surface area contributed by atoms with Crippen molar-refractivity contribution in [1.82, 2.24) is 15.5 Å². The van der Waals surface area contributed by atoms with Gasteiger partial charge in [0.15, 0.2) is 0 Å². The molecule has 0 saturated carbocycles. The molecule has 2 fully saturated rings. The largest absolute Gasteiger partial charge is 0.434 e. The number of hydrogen-bond donors (Lipinski definition) is 2. The molecule has 0 bridgehead atoms. The number of nitrogens with one attached hydrogen (secondary N) is 2. The van der Waals surface area contributed by atoms with Gasteiger partial charge in [-0.15, -0.1) is 0 Å². The van der Waals surface area contributed by atoms with Crippen molar-refractivity contribution in [3.8, 4) is 0 Å². The van der Waals surface area contributed by atoms with Gasteiger partial charge in [-0.05, 0) is 17.7 Å². The third kappa shape index (κ3) is 3.91. The molecule has 2 aliphatic heterocycles. The third-order valence-electron chi connectivity index (χ3n) is 6.24. The highest BCUT2D eigenvalue weighted by atomic mass is 35.5. The first kappa shape index (κ1) is 21.6. The number of nitrogens with zero attached hydrogens (tertiary/aromatic N) is 1. The average Bonchev–Trinajstić information content (AvgIpc) is 3.18. The van der Waals surface area contributed by atoms with E-state index >= 15 is 0 Å². The van der Waals surface area contributed by atoms with E-state index in [1.807, 2.05) is 77.7 Å². The lowest BCUT2D eigenvalue weighted by Gasteiger charge is -2.44. The molecule has 3 aromatic rings. The number of amides is 1. The van der Waals surface area contributed by atoms with E-state index in [9.17, 15) is 9.59 Å². The SMILES string of the molecule is O=C(NCc1ccc(Cl)cc1)C1CNCC2C(=O)OC(c3ccccc3)(c3ccccc3)N12. The van der Waals surface area contributed by atoms with E-state index in [0.717, 1.165) is 16.7 Å². The Morgan fingerprint density at radius 3 is 2.18 bits per heavy atom. The smallest absolute Gasteiger partial charge is 0.327 e. The quantitative estimate of drug-likeness (QED) is 0.571. The van der Waals surface area contributed by atoms with Crippen LogP contribution in [-0.2, 0) is 26.6 Å². The highest BCUT2D eigenvalue weighted by Crippen LogP contribution is 2.45. The summed E-state index contributed by atoms with van der Waals surface area (Å²) in [7, 11) is 0. The number of fused-ring (bicyclic) bond motifs is 1. The van der Waals surface area contributed by atoms with Crippen LogP contribution in [0.3, 0.4) is 0 Å². The van der Waals surface area contributed by atoms with Gasteiger partial charge in [-0.25, -0.2) is 4.90 Å². The molecule has 0 radical (unpaired) electrons. The number of rotatable bonds is 5. The van der Waals surface area contributed by atoms with E-state index < -0.39 is 17.8 Å². The van der Waals surface area contributed by atoms with Crippen LogP contribution < -0.4 is 10.6 Å². The van der Waals surface area contributed by atoms with Gasteiger partial charge in [0.25, 0.3) is 0 Å². The van der Waals surface area contributed by atoms with Crippen molar-refractivity contribution in [2.24, 2.45) is 0 Å². The summed E-state index contributed by atoms with van der Waals surface area (Å²) in [6.45, 7) is 1.19. The number of carbonyl (C=O) groups excluding carboxylic acids is 2. The van der Waals surface area contributed by atoms with Gasteiger partial charge in [0.2, 0.25) is 11.6 Å². The molecular formula is C26H24ClN3O3. The van der Waals surface area contributed by atoms with E-state index in [4.69, 9.17) is 16.3 Å². The van der Waals surface area contributed by atoms with E-state index in [1.165, 1.54) is 0 Å². The number of benzene rings is 3. The normalized spacial score (nSPS) is 21.8. The second-order valence-corrected chi connectivity index (χ2v) is 8.67. The molecule has 33 heavy (non-hydrogen) atoms. The van der Waals surface area contributed by atoms with Crippen LogP contribution in [0.15, 0.2) is 84.9 Å².